The first-order valence-corrected chi connectivity index (χ1v) is 23.7. The summed E-state index contributed by atoms with van der Waals surface area (Å²) in [7, 11) is 0. The van der Waals surface area contributed by atoms with Crippen molar-refractivity contribution in [1.82, 2.24) is 19.5 Å². The van der Waals surface area contributed by atoms with Crippen LogP contribution < -0.4 is 4.74 Å². The molecule has 2 aliphatic rings. The summed E-state index contributed by atoms with van der Waals surface area (Å²) in [5, 5.41) is 4.55. The summed E-state index contributed by atoms with van der Waals surface area (Å²) in [5.74, 6) is 3.53. The summed E-state index contributed by atoms with van der Waals surface area (Å²) in [6.45, 7) is 0. The van der Waals surface area contributed by atoms with Gasteiger partial charge in [-0.2, -0.15) is 0 Å². The Hall–Kier alpha value is -9.39. The third kappa shape index (κ3) is 5.47. The van der Waals surface area contributed by atoms with E-state index in [1.807, 2.05) is 42.5 Å². The molecular weight excluding hydrogens is 857 g/mol. The first kappa shape index (κ1) is 38.7. The van der Waals surface area contributed by atoms with E-state index in [-0.39, 0.29) is 0 Å². The van der Waals surface area contributed by atoms with E-state index in [2.05, 4.69) is 193 Å². The van der Waals surface area contributed by atoms with Crippen molar-refractivity contribution < 1.29 is 9.15 Å². The van der Waals surface area contributed by atoms with Crippen molar-refractivity contribution in [3.63, 3.8) is 0 Å². The average Bonchev–Trinajstić information content (AvgIpc) is 4.08. The lowest BCUT2D eigenvalue weighted by atomic mass is 9.66. The van der Waals surface area contributed by atoms with Crippen molar-refractivity contribution >= 4 is 43.7 Å². The van der Waals surface area contributed by atoms with Crippen LogP contribution in [0.2, 0.25) is 0 Å². The van der Waals surface area contributed by atoms with Gasteiger partial charge in [-0.05, 0) is 94.0 Å². The zero-order valence-electron chi connectivity index (χ0n) is 37.5. The molecule has 1 aliphatic heterocycles. The molecule has 0 unspecified atom stereocenters. The molecule has 0 bridgehead atoms. The molecule has 0 saturated heterocycles. The fourth-order valence-corrected chi connectivity index (χ4v) is 11.6. The Labute approximate surface area is 402 Å². The Morgan fingerprint density at radius 3 is 1.70 bits per heavy atom. The molecule has 0 radical (unpaired) electrons. The smallest absolute Gasteiger partial charge is 0.164 e. The van der Waals surface area contributed by atoms with Crippen LogP contribution in [0.15, 0.2) is 235 Å². The highest BCUT2D eigenvalue weighted by atomic mass is 16.5. The lowest BCUT2D eigenvalue weighted by Crippen LogP contribution is -2.32. The molecule has 15 rings (SSSR count). The highest BCUT2D eigenvalue weighted by molar-refractivity contribution is 6.25. The Kier molecular flexibility index (Phi) is 8.18. The van der Waals surface area contributed by atoms with Crippen LogP contribution in [0, 0.1) is 0 Å². The van der Waals surface area contributed by atoms with Gasteiger partial charge in [-0.1, -0.05) is 170 Å². The summed E-state index contributed by atoms with van der Waals surface area (Å²) in [6, 6.07) is 81.3. The van der Waals surface area contributed by atoms with E-state index in [9.17, 15) is 0 Å². The predicted molar refractivity (Wildman–Crippen MR) is 281 cm³/mol. The zero-order valence-corrected chi connectivity index (χ0v) is 37.5. The number of fused-ring (bicyclic) bond motifs is 16. The molecular formula is C64H38N4O2. The predicted octanol–water partition coefficient (Wildman–Crippen LogP) is 16.0. The van der Waals surface area contributed by atoms with Gasteiger partial charge in [0.1, 0.15) is 22.7 Å². The lowest BCUT2D eigenvalue weighted by Gasteiger charge is -2.39. The van der Waals surface area contributed by atoms with Gasteiger partial charge in [-0.15, -0.1) is 0 Å². The minimum absolute atomic E-state index is 0.611. The third-order valence-corrected chi connectivity index (χ3v) is 14.5. The molecule has 326 valence electrons. The number of rotatable bonds is 5. The molecule has 1 spiro atoms. The van der Waals surface area contributed by atoms with Crippen molar-refractivity contribution in [3.8, 4) is 73.6 Å². The molecule has 3 aromatic heterocycles. The normalized spacial score (nSPS) is 13.1. The van der Waals surface area contributed by atoms with Gasteiger partial charge in [-0.25, -0.2) is 15.0 Å². The summed E-state index contributed by atoms with van der Waals surface area (Å²) in [4.78, 5) is 15.7. The average molecular weight is 895 g/mol. The quantitative estimate of drug-likeness (QED) is 0.172. The van der Waals surface area contributed by atoms with Crippen LogP contribution in [0.5, 0.6) is 11.5 Å². The Balaban J connectivity index is 1.01. The summed E-state index contributed by atoms with van der Waals surface area (Å²) in [6.07, 6.45) is 0. The topological polar surface area (TPSA) is 66.0 Å². The van der Waals surface area contributed by atoms with Crippen LogP contribution in [0.1, 0.15) is 22.3 Å². The third-order valence-electron chi connectivity index (χ3n) is 14.5. The standard InChI is InChI=1S/C64H38N4O2/c1-4-17-39(18-5-1)61-65-62(40-19-6-2-7-20-40)67-63(66-61)46-24-16-27-52-58(46)48-38-41(31-34-49(48)64(52)50-25-11-14-29-55(50)70-56-30-15-12-26-51(56)64)42-32-35-53-47(37-42)44-33-36-57-59(45-23-10-13-28-54(45)69-57)60(44)68(53)43-21-8-3-9-22-43/h1-38H. The first-order chi connectivity index (χ1) is 34.7. The number of ether oxygens (including phenoxy) is 1. The van der Waals surface area contributed by atoms with Gasteiger partial charge in [0.25, 0.3) is 0 Å². The highest BCUT2D eigenvalue weighted by Gasteiger charge is 2.52. The second-order valence-corrected chi connectivity index (χ2v) is 18.2. The minimum Gasteiger partial charge on any atom is -0.457 e. The molecule has 0 amide bonds. The van der Waals surface area contributed by atoms with Crippen molar-refractivity contribution in [2.45, 2.75) is 5.41 Å². The molecule has 0 fully saturated rings. The van der Waals surface area contributed by atoms with Crippen LogP contribution in [0.25, 0.3) is 106 Å². The molecule has 0 saturated carbocycles. The fourth-order valence-electron chi connectivity index (χ4n) is 11.6. The second-order valence-electron chi connectivity index (χ2n) is 18.2. The molecule has 6 nitrogen and oxygen atoms in total. The highest BCUT2D eigenvalue weighted by Crippen LogP contribution is 2.63. The van der Waals surface area contributed by atoms with Crippen molar-refractivity contribution in [2.24, 2.45) is 0 Å². The lowest BCUT2D eigenvalue weighted by molar-refractivity contribution is 0.436. The number of hydrogen-bond acceptors (Lipinski definition) is 5. The van der Waals surface area contributed by atoms with Gasteiger partial charge in [0.15, 0.2) is 17.5 Å². The van der Waals surface area contributed by atoms with Gasteiger partial charge >= 0.3 is 0 Å². The Morgan fingerprint density at radius 2 is 0.971 bits per heavy atom. The monoisotopic (exact) mass is 894 g/mol. The molecule has 0 atom stereocenters. The van der Waals surface area contributed by atoms with Gasteiger partial charge < -0.3 is 13.7 Å². The van der Waals surface area contributed by atoms with Crippen LogP contribution in [0.4, 0.5) is 0 Å². The maximum Gasteiger partial charge on any atom is 0.164 e. The molecule has 10 aromatic carbocycles. The van der Waals surface area contributed by atoms with Gasteiger partial charge in [0, 0.05) is 49.7 Å². The van der Waals surface area contributed by atoms with E-state index in [0.717, 1.165) is 106 Å². The van der Waals surface area contributed by atoms with Crippen molar-refractivity contribution in [1.29, 1.82) is 0 Å². The van der Waals surface area contributed by atoms with Crippen molar-refractivity contribution in [3.05, 3.63) is 253 Å². The second kappa shape index (κ2) is 14.8. The number of para-hydroxylation sites is 4. The van der Waals surface area contributed by atoms with E-state index in [1.165, 1.54) is 16.3 Å². The fraction of sp³-hybridized carbons (Fsp3) is 0.0156. The van der Waals surface area contributed by atoms with E-state index in [1.54, 1.807) is 0 Å². The number of benzene rings is 10. The van der Waals surface area contributed by atoms with Crippen LogP contribution in [0.3, 0.4) is 0 Å². The zero-order chi connectivity index (χ0) is 45.9. The van der Waals surface area contributed by atoms with Crippen LogP contribution in [-0.4, -0.2) is 19.5 Å². The number of furan rings is 1. The molecule has 4 heterocycles. The number of aromatic nitrogens is 4. The molecule has 70 heavy (non-hydrogen) atoms. The molecule has 13 aromatic rings. The molecule has 6 heteroatoms. The number of hydrogen-bond donors (Lipinski definition) is 0. The van der Waals surface area contributed by atoms with Crippen LogP contribution in [-0.2, 0) is 5.41 Å². The van der Waals surface area contributed by atoms with Crippen molar-refractivity contribution in [2.75, 3.05) is 0 Å². The maximum absolute atomic E-state index is 6.75. The SMILES string of the molecule is c1ccc(-c2nc(-c3ccccc3)nc(-c3cccc4c3-c3cc(-c5ccc6c(c5)c5ccc7oc8ccccc8c7c5n6-c5ccccc5)ccc3C43c4ccccc4Oc4ccccc43)n2)cc1. The minimum atomic E-state index is -0.700. The van der Waals surface area contributed by atoms with Gasteiger partial charge in [-0.3, -0.25) is 0 Å². The summed E-state index contributed by atoms with van der Waals surface area (Å²) < 4.78 is 15.6. The first-order valence-electron chi connectivity index (χ1n) is 23.7. The number of nitrogens with zero attached hydrogens (tertiary/aromatic N) is 4. The Morgan fingerprint density at radius 1 is 0.371 bits per heavy atom. The van der Waals surface area contributed by atoms with E-state index >= 15 is 0 Å². The summed E-state index contributed by atoms with van der Waals surface area (Å²) >= 11 is 0. The summed E-state index contributed by atoms with van der Waals surface area (Å²) in [5.41, 5.74) is 16.1. The van der Waals surface area contributed by atoms with Gasteiger partial charge in [0.05, 0.1) is 21.8 Å². The Bertz CT molecular complexity index is 4170. The molecule has 0 N–H and O–H groups in total. The van der Waals surface area contributed by atoms with E-state index in [4.69, 9.17) is 24.1 Å². The maximum atomic E-state index is 6.75. The van der Waals surface area contributed by atoms with E-state index < -0.39 is 5.41 Å². The van der Waals surface area contributed by atoms with Crippen LogP contribution >= 0.6 is 0 Å². The van der Waals surface area contributed by atoms with E-state index in [0.29, 0.717) is 17.5 Å². The molecule has 1 aliphatic carbocycles. The largest absolute Gasteiger partial charge is 0.457 e. The van der Waals surface area contributed by atoms with Gasteiger partial charge in [0.2, 0.25) is 0 Å².